The Labute approximate surface area is 120 Å². The van der Waals surface area contributed by atoms with Gasteiger partial charge in [-0.15, -0.1) is 0 Å². The molecule has 0 atom stereocenters. The lowest BCUT2D eigenvalue weighted by atomic mass is 10.3. The fourth-order valence-corrected chi connectivity index (χ4v) is 3.05. The number of hydrogen-bond acceptors (Lipinski definition) is 5. The van der Waals surface area contributed by atoms with Crippen LogP contribution in [0.15, 0.2) is 57.4 Å². The van der Waals surface area contributed by atoms with Crippen LogP contribution in [0, 0.1) is 0 Å². The molecule has 104 valence electrons. The average molecular weight is 309 g/mol. The minimum Gasteiger partial charge on any atom is -0.478 e. The Balaban J connectivity index is 2.30. The molecule has 0 aliphatic rings. The maximum absolute atomic E-state index is 11.4. The van der Waals surface area contributed by atoms with E-state index in [9.17, 15) is 13.2 Å². The molecule has 0 aliphatic heterocycles. The Morgan fingerprint density at radius 2 is 1.85 bits per heavy atom. The van der Waals surface area contributed by atoms with Crippen molar-refractivity contribution in [3.63, 3.8) is 0 Å². The van der Waals surface area contributed by atoms with Crippen molar-refractivity contribution < 1.29 is 18.3 Å². The van der Waals surface area contributed by atoms with Gasteiger partial charge in [-0.1, -0.05) is 11.8 Å². The highest BCUT2D eigenvalue weighted by atomic mass is 32.2. The fraction of sp³-hybridized carbons (Fsp3) is 0.0769. The molecule has 1 N–H and O–H groups in total. The van der Waals surface area contributed by atoms with Gasteiger partial charge in [0.1, 0.15) is 0 Å². The second-order valence-corrected chi connectivity index (χ2v) is 7.15. The lowest BCUT2D eigenvalue weighted by Crippen LogP contribution is -1.99. The summed E-state index contributed by atoms with van der Waals surface area (Å²) in [6.45, 7) is 0. The molecule has 1 aromatic carbocycles. The highest BCUT2D eigenvalue weighted by Crippen LogP contribution is 2.30. The van der Waals surface area contributed by atoms with E-state index in [0.29, 0.717) is 4.90 Å². The molecule has 0 unspecified atom stereocenters. The number of carbonyl (C=O) groups is 1. The summed E-state index contributed by atoms with van der Waals surface area (Å²) in [4.78, 5) is 16.4. The van der Waals surface area contributed by atoms with Gasteiger partial charge in [0, 0.05) is 28.4 Å². The van der Waals surface area contributed by atoms with E-state index in [-0.39, 0.29) is 10.5 Å². The van der Waals surface area contributed by atoms with Gasteiger partial charge >= 0.3 is 5.97 Å². The van der Waals surface area contributed by atoms with Crippen LogP contribution in [0.2, 0.25) is 0 Å². The molecule has 2 rings (SSSR count). The number of hydrogen-bond donors (Lipinski definition) is 1. The zero-order valence-electron chi connectivity index (χ0n) is 10.5. The zero-order chi connectivity index (χ0) is 14.8. The molecule has 0 aliphatic carbocycles. The number of carboxylic acid groups (broad SMARTS) is 1. The number of rotatable bonds is 4. The molecule has 2 aromatic rings. The smallest absolute Gasteiger partial charge is 0.338 e. The van der Waals surface area contributed by atoms with Crippen LogP contribution >= 0.6 is 11.8 Å². The first kappa shape index (κ1) is 14.5. The number of benzene rings is 1. The van der Waals surface area contributed by atoms with Gasteiger partial charge in [-0.25, -0.2) is 13.2 Å². The molecule has 0 amide bonds. The maximum atomic E-state index is 11.4. The van der Waals surface area contributed by atoms with Crippen LogP contribution < -0.4 is 0 Å². The molecule has 0 saturated carbocycles. The lowest BCUT2D eigenvalue weighted by Gasteiger charge is -2.05. The van der Waals surface area contributed by atoms with E-state index in [4.69, 9.17) is 5.11 Å². The van der Waals surface area contributed by atoms with Gasteiger partial charge in [0.05, 0.1) is 10.5 Å². The quantitative estimate of drug-likeness (QED) is 0.933. The Bertz CT molecular complexity index is 739. The molecule has 0 bridgehead atoms. The third kappa shape index (κ3) is 3.37. The Hall–Kier alpha value is -1.86. The van der Waals surface area contributed by atoms with Crippen LogP contribution in [0.4, 0.5) is 0 Å². The highest BCUT2D eigenvalue weighted by molar-refractivity contribution is 7.99. The van der Waals surface area contributed by atoms with Crippen molar-refractivity contribution in [3.05, 3.63) is 48.3 Å². The van der Waals surface area contributed by atoms with E-state index in [1.165, 1.54) is 36.3 Å². The molecular formula is C13H11NO4S2. The number of carboxylic acids is 1. The predicted octanol–water partition coefficient (Wildman–Crippen LogP) is 2.33. The van der Waals surface area contributed by atoms with Crippen LogP contribution in [0.1, 0.15) is 10.4 Å². The molecule has 1 aromatic heterocycles. The number of sulfone groups is 1. The predicted molar refractivity (Wildman–Crippen MR) is 74.9 cm³/mol. The average Bonchev–Trinajstić information content (AvgIpc) is 2.38. The molecular weight excluding hydrogens is 298 g/mol. The third-order valence-corrected chi connectivity index (χ3v) is 4.70. The molecule has 0 saturated heterocycles. The van der Waals surface area contributed by atoms with Gasteiger partial charge in [0.25, 0.3) is 0 Å². The van der Waals surface area contributed by atoms with Crippen LogP contribution in [0.25, 0.3) is 0 Å². The molecule has 5 nitrogen and oxygen atoms in total. The van der Waals surface area contributed by atoms with E-state index in [1.54, 1.807) is 18.2 Å². The lowest BCUT2D eigenvalue weighted by molar-refractivity contribution is 0.0692. The second-order valence-electron chi connectivity index (χ2n) is 4.02. The fourth-order valence-electron chi connectivity index (χ4n) is 1.51. The Morgan fingerprint density at radius 1 is 1.20 bits per heavy atom. The second kappa shape index (κ2) is 5.64. The van der Waals surface area contributed by atoms with Crippen molar-refractivity contribution in [3.8, 4) is 0 Å². The van der Waals surface area contributed by atoms with Gasteiger partial charge in [0.2, 0.25) is 0 Å². The first-order chi connectivity index (χ1) is 9.38. The van der Waals surface area contributed by atoms with Gasteiger partial charge in [0.15, 0.2) is 9.84 Å². The Morgan fingerprint density at radius 3 is 2.40 bits per heavy atom. The SMILES string of the molecule is CS(=O)(=O)c1ccc(Sc2ccncc2C(=O)O)cc1. The standard InChI is InChI=1S/C13H11NO4S2/c1-20(17,18)10-4-2-9(3-5-10)19-12-6-7-14-8-11(12)13(15)16/h2-8H,1H3,(H,15,16). The minimum atomic E-state index is -3.23. The molecule has 1 heterocycles. The summed E-state index contributed by atoms with van der Waals surface area (Å²) in [5.74, 6) is -1.05. The molecule has 0 fully saturated rings. The van der Waals surface area contributed by atoms with Crippen molar-refractivity contribution in [2.75, 3.05) is 6.26 Å². The largest absolute Gasteiger partial charge is 0.478 e. The van der Waals surface area contributed by atoms with Crippen molar-refractivity contribution >= 4 is 27.6 Å². The summed E-state index contributed by atoms with van der Waals surface area (Å²) >= 11 is 1.25. The summed E-state index contributed by atoms with van der Waals surface area (Å²) in [6.07, 6.45) is 3.94. The number of aromatic nitrogens is 1. The van der Waals surface area contributed by atoms with Crippen LogP contribution in [0.5, 0.6) is 0 Å². The number of aromatic carboxylic acids is 1. The summed E-state index contributed by atoms with van der Waals surface area (Å²) in [6, 6.07) is 7.90. The normalized spacial score (nSPS) is 11.2. The molecule has 0 radical (unpaired) electrons. The van der Waals surface area contributed by atoms with Crippen molar-refractivity contribution in [1.29, 1.82) is 0 Å². The van der Waals surface area contributed by atoms with Gasteiger partial charge in [-0.05, 0) is 30.3 Å². The molecule has 0 spiro atoms. The molecule has 20 heavy (non-hydrogen) atoms. The van der Waals surface area contributed by atoms with E-state index in [1.807, 2.05) is 0 Å². The topological polar surface area (TPSA) is 84.3 Å². The summed E-state index contributed by atoms with van der Waals surface area (Å²) in [5, 5.41) is 9.06. The minimum absolute atomic E-state index is 0.115. The van der Waals surface area contributed by atoms with Gasteiger partial charge in [-0.3, -0.25) is 4.98 Å². The van der Waals surface area contributed by atoms with Gasteiger partial charge < -0.3 is 5.11 Å². The van der Waals surface area contributed by atoms with E-state index < -0.39 is 15.8 Å². The van der Waals surface area contributed by atoms with E-state index >= 15 is 0 Å². The summed E-state index contributed by atoms with van der Waals surface area (Å²) in [5.41, 5.74) is 0.115. The maximum Gasteiger partial charge on any atom is 0.338 e. The van der Waals surface area contributed by atoms with Crippen molar-refractivity contribution in [1.82, 2.24) is 4.98 Å². The van der Waals surface area contributed by atoms with Crippen LogP contribution in [0.3, 0.4) is 0 Å². The number of nitrogens with zero attached hydrogens (tertiary/aromatic N) is 1. The van der Waals surface area contributed by atoms with Crippen LogP contribution in [-0.2, 0) is 9.84 Å². The van der Waals surface area contributed by atoms with Crippen LogP contribution in [-0.4, -0.2) is 30.7 Å². The van der Waals surface area contributed by atoms with Crippen molar-refractivity contribution in [2.24, 2.45) is 0 Å². The van der Waals surface area contributed by atoms with E-state index in [2.05, 4.69) is 4.98 Å². The highest BCUT2D eigenvalue weighted by Gasteiger charge is 2.12. The first-order valence-electron chi connectivity index (χ1n) is 5.53. The Kier molecular flexibility index (Phi) is 4.10. The zero-order valence-corrected chi connectivity index (χ0v) is 12.1. The summed E-state index contributed by atoms with van der Waals surface area (Å²) < 4.78 is 22.7. The molecule has 7 heteroatoms. The van der Waals surface area contributed by atoms with E-state index in [0.717, 1.165) is 11.2 Å². The first-order valence-corrected chi connectivity index (χ1v) is 8.24. The van der Waals surface area contributed by atoms with Gasteiger partial charge in [-0.2, -0.15) is 0 Å². The van der Waals surface area contributed by atoms with Crippen molar-refractivity contribution in [2.45, 2.75) is 14.7 Å². The number of pyridine rings is 1. The third-order valence-electron chi connectivity index (χ3n) is 2.49. The monoisotopic (exact) mass is 309 g/mol. The summed E-state index contributed by atoms with van der Waals surface area (Å²) in [7, 11) is -3.23.